The van der Waals surface area contributed by atoms with E-state index in [1.165, 1.54) is 27.5 Å². The minimum absolute atomic E-state index is 0.570. The normalized spacial score (nSPS) is 13.1. The highest BCUT2D eigenvalue weighted by atomic mass is 31.0. The Kier molecular flexibility index (Phi) is 5.11. The first-order valence-corrected chi connectivity index (χ1v) is 11.3. The van der Waals surface area contributed by atoms with Crippen LogP contribution >= 0.6 is 9.24 Å². The van der Waals surface area contributed by atoms with E-state index >= 15 is 0 Å². The lowest BCUT2D eigenvalue weighted by Crippen LogP contribution is -2.06. The second kappa shape index (κ2) is 7.94. The first kappa shape index (κ1) is 20.0. The van der Waals surface area contributed by atoms with Crippen molar-refractivity contribution >= 4 is 31.2 Å². The van der Waals surface area contributed by atoms with Gasteiger partial charge in [-0.25, -0.2) is 4.98 Å². The van der Waals surface area contributed by atoms with Crippen molar-refractivity contribution in [3.63, 3.8) is 0 Å². The standard InChI is InChI=1S/C26H26N3OP/c1-4-5-21-22-12-26-23(11-17(22)7-9-24(21)29-16(3)31)20-8-6-18(10-19(20)14-30-26)25-13-27-15(2)28-25/h6-13H,4-5,14,31H2,1-3H3,(H,27,28). The fourth-order valence-electron chi connectivity index (χ4n) is 4.41. The number of aromatic amines is 1. The van der Waals surface area contributed by atoms with Crippen molar-refractivity contribution in [1.29, 1.82) is 0 Å². The molecule has 1 unspecified atom stereocenters. The lowest BCUT2D eigenvalue weighted by atomic mass is 9.91. The quantitative estimate of drug-likeness (QED) is 0.282. The number of aryl methyl sites for hydroxylation is 2. The third-order valence-electron chi connectivity index (χ3n) is 5.80. The molecule has 0 spiro atoms. The predicted molar refractivity (Wildman–Crippen MR) is 133 cm³/mol. The number of nitrogens with zero attached hydrogens (tertiary/aromatic N) is 2. The van der Waals surface area contributed by atoms with Gasteiger partial charge in [-0.3, -0.25) is 4.99 Å². The van der Waals surface area contributed by atoms with E-state index in [9.17, 15) is 0 Å². The zero-order valence-electron chi connectivity index (χ0n) is 18.1. The van der Waals surface area contributed by atoms with E-state index in [2.05, 4.69) is 68.6 Å². The molecule has 0 aliphatic carbocycles. The first-order valence-electron chi connectivity index (χ1n) is 10.7. The third-order valence-corrected chi connectivity index (χ3v) is 5.93. The number of ether oxygens (including phenoxy) is 1. The average molecular weight is 427 g/mol. The highest BCUT2D eigenvalue weighted by Crippen LogP contribution is 2.43. The molecule has 4 aromatic rings. The van der Waals surface area contributed by atoms with Crippen LogP contribution in [0.25, 0.3) is 33.2 Å². The Bertz CT molecular complexity index is 1330. The molecule has 156 valence electrons. The van der Waals surface area contributed by atoms with Crippen LogP contribution in [0.15, 0.2) is 53.7 Å². The van der Waals surface area contributed by atoms with Crippen LogP contribution in [0, 0.1) is 6.92 Å². The average Bonchev–Trinajstić information content (AvgIpc) is 3.20. The fraction of sp³-hybridized carbons (Fsp3) is 0.231. The molecule has 2 heterocycles. The van der Waals surface area contributed by atoms with Crippen LogP contribution in [0.5, 0.6) is 5.75 Å². The van der Waals surface area contributed by atoms with Crippen molar-refractivity contribution in [3.05, 3.63) is 65.6 Å². The van der Waals surface area contributed by atoms with E-state index < -0.39 is 0 Å². The van der Waals surface area contributed by atoms with Crippen LogP contribution in [-0.2, 0) is 13.0 Å². The van der Waals surface area contributed by atoms with Crippen molar-refractivity contribution in [2.45, 2.75) is 40.2 Å². The second-order valence-corrected chi connectivity index (χ2v) is 9.01. The topological polar surface area (TPSA) is 50.3 Å². The van der Waals surface area contributed by atoms with Gasteiger partial charge in [-0.1, -0.05) is 40.8 Å². The van der Waals surface area contributed by atoms with Crippen LogP contribution < -0.4 is 4.74 Å². The number of H-pyrrole nitrogens is 1. The molecule has 0 saturated heterocycles. The summed E-state index contributed by atoms with van der Waals surface area (Å²) in [6, 6.07) is 15.4. The van der Waals surface area contributed by atoms with E-state index in [0.717, 1.165) is 52.4 Å². The predicted octanol–water partition coefficient (Wildman–Crippen LogP) is 6.98. The molecule has 0 bridgehead atoms. The molecule has 1 aliphatic heterocycles. The van der Waals surface area contributed by atoms with Crippen molar-refractivity contribution in [1.82, 2.24) is 9.97 Å². The Morgan fingerprint density at radius 3 is 2.77 bits per heavy atom. The molecule has 31 heavy (non-hydrogen) atoms. The van der Waals surface area contributed by atoms with Gasteiger partial charge >= 0.3 is 0 Å². The van der Waals surface area contributed by atoms with E-state index in [-0.39, 0.29) is 0 Å². The lowest BCUT2D eigenvalue weighted by Gasteiger charge is -2.23. The van der Waals surface area contributed by atoms with Gasteiger partial charge in [0.25, 0.3) is 0 Å². The molecule has 4 nitrogen and oxygen atoms in total. The molecule has 0 fully saturated rings. The summed E-state index contributed by atoms with van der Waals surface area (Å²) >= 11 is 0. The Morgan fingerprint density at radius 1 is 1.16 bits per heavy atom. The minimum atomic E-state index is 0.570. The summed E-state index contributed by atoms with van der Waals surface area (Å²) in [6.07, 6.45) is 3.96. The summed E-state index contributed by atoms with van der Waals surface area (Å²) in [5, 5.41) is 2.47. The van der Waals surface area contributed by atoms with Crippen LogP contribution in [0.4, 0.5) is 5.69 Å². The summed E-state index contributed by atoms with van der Waals surface area (Å²) < 4.78 is 6.24. The summed E-state index contributed by atoms with van der Waals surface area (Å²) in [5.41, 5.74) is 9.10. The molecular formula is C26H26N3OP. The number of fused-ring (bicyclic) bond motifs is 4. The van der Waals surface area contributed by atoms with Gasteiger partial charge < -0.3 is 9.72 Å². The van der Waals surface area contributed by atoms with Gasteiger partial charge in [0.05, 0.1) is 17.6 Å². The monoisotopic (exact) mass is 427 g/mol. The third kappa shape index (κ3) is 3.66. The fourth-order valence-corrected chi connectivity index (χ4v) is 4.55. The minimum Gasteiger partial charge on any atom is -0.488 e. The Hall–Kier alpha value is -2.97. The number of rotatable bonds is 4. The summed E-state index contributed by atoms with van der Waals surface area (Å²) in [5.74, 6) is 1.87. The largest absolute Gasteiger partial charge is 0.488 e. The molecule has 1 N–H and O–H groups in total. The maximum atomic E-state index is 6.24. The van der Waals surface area contributed by atoms with E-state index in [4.69, 9.17) is 9.73 Å². The van der Waals surface area contributed by atoms with Gasteiger partial charge in [-0.15, -0.1) is 0 Å². The Morgan fingerprint density at radius 2 is 2.03 bits per heavy atom. The lowest BCUT2D eigenvalue weighted by molar-refractivity contribution is 0.303. The summed E-state index contributed by atoms with van der Waals surface area (Å²) in [7, 11) is 2.68. The molecular weight excluding hydrogens is 401 g/mol. The van der Waals surface area contributed by atoms with Crippen LogP contribution in [-0.4, -0.2) is 15.4 Å². The smallest absolute Gasteiger partial charge is 0.128 e. The number of hydrogen-bond acceptors (Lipinski definition) is 3. The molecule has 5 heteroatoms. The maximum Gasteiger partial charge on any atom is 0.128 e. The number of aromatic nitrogens is 2. The molecule has 5 rings (SSSR count). The molecule has 0 amide bonds. The van der Waals surface area contributed by atoms with Gasteiger partial charge in [0.1, 0.15) is 18.2 Å². The van der Waals surface area contributed by atoms with E-state index in [1.54, 1.807) is 0 Å². The van der Waals surface area contributed by atoms with Crippen molar-refractivity contribution in [2.75, 3.05) is 0 Å². The van der Waals surface area contributed by atoms with Gasteiger partial charge in [0.2, 0.25) is 0 Å². The zero-order chi connectivity index (χ0) is 21.5. The van der Waals surface area contributed by atoms with E-state index in [1.807, 2.05) is 20.0 Å². The molecule has 1 atom stereocenters. The van der Waals surface area contributed by atoms with Gasteiger partial charge in [0, 0.05) is 11.0 Å². The molecule has 1 aliphatic rings. The zero-order valence-corrected chi connectivity index (χ0v) is 19.3. The molecule has 0 radical (unpaired) electrons. The molecule has 0 saturated carbocycles. The number of imidazole rings is 1. The number of benzene rings is 3. The summed E-state index contributed by atoms with van der Waals surface area (Å²) in [6.45, 7) is 6.76. The number of hydrogen-bond donors (Lipinski definition) is 1. The van der Waals surface area contributed by atoms with Gasteiger partial charge in [-0.2, -0.15) is 0 Å². The highest BCUT2D eigenvalue weighted by molar-refractivity contribution is 7.40. The Labute approximate surface area is 185 Å². The number of nitrogens with one attached hydrogen (secondary N) is 1. The molecule has 1 aromatic heterocycles. The summed E-state index contributed by atoms with van der Waals surface area (Å²) in [4.78, 5) is 12.4. The van der Waals surface area contributed by atoms with Gasteiger partial charge in [0.15, 0.2) is 0 Å². The molecule has 3 aromatic carbocycles. The highest BCUT2D eigenvalue weighted by Gasteiger charge is 2.20. The van der Waals surface area contributed by atoms with Crippen LogP contribution in [0.1, 0.15) is 37.2 Å². The van der Waals surface area contributed by atoms with Crippen LogP contribution in [0.3, 0.4) is 0 Å². The van der Waals surface area contributed by atoms with Gasteiger partial charge in [-0.05, 0) is 77.6 Å². The second-order valence-electron chi connectivity index (χ2n) is 8.18. The van der Waals surface area contributed by atoms with E-state index in [0.29, 0.717) is 6.61 Å². The van der Waals surface area contributed by atoms with Crippen molar-refractivity contribution in [3.8, 4) is 28.1 Å². The maximum absolute atomic E-state index is 6.24. The van der Waals surface area contributed by atoms with Crippen molar-refractivity contribution < 1.29 is 4.74 Å². The SMILES string of the molecule is CCCc1c(N=C(C)P)ccc2cc3c(cc12)OCc1cc(-c2cnc(C)[nH]2)ccc1-3. The van der Waals surface area contributed by atoms with Crippen LogP contribution in [0.2, 0.25) is 0 Å². The number of aliphatic imine (C=N–C) groups is 1. The van der Waals surface area contributed by atoms with Crippen molar-refractivity contribution in [2.24, 2.45) is 4.99 Å². The Balaban J connectivity index is 1.64. The first-order chi connectivity index (χ1) is 15.0.